The standard InChI is InChI=1S/C20H22N8O8/c1-5-6-27-15-16(24-19(23-9(2)29)25-17(15)32)28(20(27)33)18-13(34-10(3)30)7-12(36-18)14(8-22-26-21)35-11(4)31/h1,12-14,18H,6-8H2,2-4H3,(H2,23,24,25,29,32)/t12-,13+,14-,18+/m0/s1. The number of hydrogen-bond acceptors (Lipinski definition) is 10. The van der Waals surface area contributed by atoms with Crippen LogP contribution in [-0.2, 0) is 35.1 Å². The van der Waals surface area contributed by atoms with E-state index in [0.717, 1.165) is 23.0 Å². The van der Waals surface area contributed by atoms with E-state index >= 15 is 0 Å². The number of terminal acetylenes is 1. The molecule has 1 amide bonds. The number of esters is 2. The number of carbonyl (C=O) groups is 3. The van der Waals surface area contributed by atoms with Crippen molar-refractivity contribution in [1.82, 2.24) is 19.1 Å². The van der Waals surface area contributed by atoms with Gasteiger partial charge in [-0.05, 0) is 5.53 Å². The lowest BCUT2D eigenvalue weighted by Gasteiger charge is -2.22. The van der Waals surface area contributed by atoms with E-state index in [-0.39, 0.29) is 36.6 Å². The van der Waals surface area contributed by atoms with Gasteiger partial charge in [0.15, 0.2) is 17.4 Å². The van der Waals surface area contributed by atoms with Crippen molar-refractivity contribution in [2.75, 3.05) is 11.9 Å². The number of fused-ring (bicyclic) bond motifs is 1. The van der Waals surface area contributed by atoms with Crippen LogP contribution in [0.1, 0.15) is 33.4 Å². The highest BCUT2D eigenvalue weighted by Crippen LogP contribution is 2.35. The van der Waals surface area contributed by atoms with E-state index in [1.54, 1.807) is 0 Å². The monoisotopic (exact) mass is 502 g/mol. The number of H-pyrrole nitrogens is 1. The molecule has 0 unspecified atom stereocenters. The largest absolute Gasteiger partial charge is 0.460 e. The first-order valence-corrected chi connectivity index (χ1v) is 10.5. The SMILES string of the molecule is C#CCn1c(=O)n([C@@H]2O[C@H]([C@H](CN=[N+]=[N-])OC(C)=O)C[C@H]2OC(C)=O)c2nc(NC(C)=O)[nH]c(=O)c21. The minimum atomic E-state index is -1.34. The number of imidazole rings is 1. The summed E-state index contributed by atoms with van der Waals surface area (Å²) in [7, 11) is 0. The van der Waals surface area contributed by atoms with Crippen LogP contribution in [0.2, 0.25) is 0 Å². The van der Waals surface area contributed by atoms with Crippen molar-refractivity contribution in [2.45, 2.75) is 58.3 Å². The molecule has 1 aliphatic heterocycles. The Hall–Kier alpha value is -4.61. The molecule has 190 valence electrons. The molecule has 1 fully saturated rings. The molecule has 0 spiro atoms. The number of anilines is 1. The first kappa shape index (κ1) is 26.0. The topological polar surface area (TPSA) is 212 Å². The maximum absolute atomic E-state index is 13.4. The van der Waals surface area contributed by atoms with Gasteiger partial charge in [0, 0.05) is 32.1 Å². The second-order valence-corrected chi connectivity index (χ2v) is 7.72. The number of nitrogens with one attached hydrogen (secondary N) is 2. The average molecular weight is 502 g/mol. The van der Waals surface area contributed by atoms with Crippen LogP contribution in [0.5, 0.6) is 0 Å². The molecule has 3 heterocycles. The summed E-state index contributed by atoms with van der Waals surface area (Å²) in [6.45, 7) is 2.90. The minimum absolute atomic E-state index is 0.0564. The Morgan fingerprint density at radius 1 is 1.36 bits per heavy atom. The van der Waals surface area contributed by atoms with Crippen LogP contribution < -0.4 is 16.6 Å². The third-order valence-corrected chi connectivity index (χ3v) is 5.08. The summed E-state index contributed by atoms with van der Waals surface area (Å²) in [5.74, 6) is 0.123. The van der Waals surface area contributed by atoms with E-state index in [1.165, 1.54) is 6.92 Å². The van der Waals surface area contributed by atoms with Gasteiger partial charge in [-0.1, -0.05) is 11.0 Å². The summed E-state index contributed by atoms with van der Waals surface area (Å²) in [6.07, 6.45) is 0.857. The van der Waals surface area contributed by atoms with Crippen molar-refractivity contribution < 1.29 is 28.6 Å². The van der Waals surface area contributed by atoms with Crippen LogP contribution >= 0.6 is 0 Å². The Bertz CT molecular complexity index is 1410. The second kappa shape index (κ2) is 10.8. The second-order valence-electron chi connectivity index (χ2n) is 7.72. The van der Waals surface area contributed by atoms with Crippen molar-refractivity contribution in [1.29, 1.82) is 0 Å². The van der Waals surface area contributed by atoms with Gasteiger partial charge in [0.05, 0.1) is 13.1 Å². The van der Waals surface area contributed by atoms with Crippen LogP contribution in [-0.4, -0.2) is 61.8 Å². The van der Waals surface area contributed by atoms with E-state index in [1.807, 2.05) is 0 Å². The Labute approximate surface area is 202 Å². The highest BCUT2D eigenvalue weighted by molar-refractivity contribution is 5.87. The molecule has 0 radical (unpaired) electrons. The van der Waals surface area contributed by atoms with Gasteiger partial charge in [-0.15, -0.1) is 6.42 Å². The number of aromatic nitrogens is 4. The zero-order valence-electron chi connectivity index (χ0n) is 19.5. The number of rotatable bonds is 8. The molecule has 0 saturated carbocycles. The number of azide groups is 1. The Morgan fingerprint density at radius 2 is 2.08 bits per heavy atom. The summed E-state index contributed by atoms with van der Waals surface area (Å²) < 4.78 is 18.5. The molecule has 4 atom stereocenters. The number of amides is 1. The zero-order valence-corrected chi connectivity index (χ0v) is 19.5. The van der Waals surface area contributed by atoms with E-state index in [4.69, 9.17) is 26.2 Å². The highest BCUT2D eigenvalue weighted by Gasteiger charge is 2.45. The smallest absolute Gasteiger partial charge is 0.333 e. The molecule has 0 bridgehead atoms. The highest BCUT2D eigenvalue weighted by atomic mass is 16.6. The maximum Gasteiger partial charge on any atom is 0.333 e. The summed E-state index contributed by atoms with van der Waals surface area (Å²) in [5, 5.41) is 5.75. The number of ether oxygens (including phenoxy) is 3. The lowest BCUT2D eigenvalue weighted by molar-refractivity contribution is -0.157. The molecular weight excluding hydrogens is 480 g/mol. The molecule has 1 saturated heterocycles. The Morgan fingerprint density at radius 3 is 2.67 bits per heavy atom. The fraction of sp³-hybridized carbons (Fsp3) is 0.500. The number of aromatic amines is 1. The fourth-order valence-electron chi connectivity index (χ4n) is 3.89. The molecule has 2 aromatic rings. The third-order valence-electron chi connectivity index (χ3n) is 5.08. The van der Waals surface area contributed by atoms with Gasteiger partial charge in [0.1, 0.15) is 18.3 Å². The molecule has 16 heteroatoms. The van der Waals surface area contributed by atoms with Crippen molar-refractivity contribution in [3.63, 3.8) is 0 Å². The van der Waals surface area contributed by atoms with Gasteiger partial charge < -0.3 is 14.2 Å². The summed E-state index contributed by atoms with van der Waals surface area (Å²) in [6, 6.07) is 0. The van der Waals surface area contributed by atoms with E-state index in [9.17, 15) is 24.0 Å². The van der Waals surface area contributed by atoms with Crippen molar-refractivity contribution in [2.24, 2.45) is 5.11 Å². The van der Waals surface area contributed by atoms with Crippen molar-refractivity contribution in [3.05, 3.63) is 31.3 Å². The van der Waals surface area contributed by atoms with Crippen LogP contribution in [0.4, 0.5) is 5.95 Å². The summed E-state index contributed by atoms with van der Waals surface area (Å²) in [5.41, 5.74) is 6.71. The van der Waals surface area contributed by atoms with E-state index in [0.29, 0.717) is 0 Å². The molecule has 36 heavy (non-hydrogen) atoms. The van der Waals surface area contributed by atoms with Gasteiger partial charge in [0.25, 0.3) is 5.56 Å². The first-order valence-electron chi connectivity index (χ1n) is 10.5. The Kier molecular flexibility index (Phi) is 7.77. The third kappa shape index (κ3) is 5.37. The molecular formula is C20H22N8O8. The van der Waals surface area contributed by atoms with Crippen LogP contribution in [0.25, 0.3) is 21.6 Å². The van der Waals surface area contributed by atoms with E-state index in [2.05, 4.69) is 31.2 Å². The fourth-order valence-corrected chi connectivity index (χ4v) is 3.89. The average Bonchev–Trinajstić information content (AvgIpc) is 3.28. The molecule has 1 aliphatic rings. The first-order chi connectivity index (χ1) is 17.1. The predicted octanol–water partition coefficient (Wildman–Crippen LogP) is -0.0609. The predicted molar refractivity (Wildman–Crippen MR) is 121 cm³/mol. The van der Waals surface area contributed by atoms with Gasteiger partial charge in [-0.3, -0.25) is 34.0 Å². The van der Waals surface area contributed by atoms with Gasteiger partial charge in [-0.2, -0.15) is 4.98 Å². The van der Waals surface area contributed by atoms with Gasteiger partial charge in [0.2, 0.25) is 11.9 Å². The quantitative estimate of drug-likeness (QED) is 0.162. The minimum Gasteiger partial charge on any atom is -0.460 e. The van der Waals surface area contributed by atoms with Crippen molar-refractivity contribution >= 4 is 35.0 Å². The maximum atomic E-state index is 13.4. The van der Waals surface area contributed by atoms with Gasteiger partial charge >= 0.3 is 17.6 Å². The molecule has 0 aromatic carbocycles. The molecule has 16 nitrogen and oxygen atoms in total. The zero-order chi connectivity index (χ0) is 26.6. The van der Waals surface area contributed by atoms with Crippen LogP contribution in [0.3, 0.4) is 0 Å². The van der Waals surface area contributed by atoms with Crippen LogP contribution in [0.15, 0.2) is 14.7 Å². The Balaban J connectivity index is 2.20. The summed E-state index contributed by atoms with van der Waals surface area (Å²) >= 11 is 0. The lowest BCUT2D eigenvalue weighted by Crippen LogP contribution is -2.35. The molecule has 2 N–H and O–H groups in total. The number of carbonyl (C=O) groups excluding carboxylic acids is 3. The molecule has 0 aliphatic carbocycles. The number of hydrogen-bond donors (Lipinski definition) is 2. The molecule has 3 rings (SSSR count). The van der Waals surface area contributed by atoms with Crippen molar-refractivity contribution in [3.8, 4) is 12.3 Å². The number of nitrogens with zero attached hydrogens (tertiary/aromatic N) is 6. The van der Waals surface area contributed by atoms with Gasteiger partial charge in [-0.25, -0.2) is 9.36 Å². The normalized spacial score (nSPS) is 19.7. The molecule has 2 aromatic heterocycles. The van der Waals surface area contributed by atoms with E-state index < -0.39 is 53.6 Å². The van der Waals surface area contributed by atoms with Crippen LogP contribution in [0, 0.1) is 12.3 Å². The summed E-state index contributed by atoms with van der Waals surface area (Å²) in [4.78, 5) is 70.3. The lowest BCUT2D eigenvalue weighted by atomic mass is 10.1.